The Morgan fingerprint density at radius 3 is 2.27 bits per heavy atom. The van der Waals surface area contributed by atoms with Crippen molar-refractivity contribution in [2.45, 2.75) is 33.2 Å². The summed E-state index contributed by atoms with van der Waals surface area (Å²) in [7, 11) is 0. The van der Waals surface area contributed by atoms with Crippen molar-refractivity contribution in [3.8, 4) is 11.3 Å². The van der Waals surface area contributed by atoms with Crippen LogP contribution in [0.4, 0.5) is 17.1 Å². The summed E-state index contributed by atoms with van der Waals surface area (Å²) in [4.78, 5) is 4.32. The molecule has 6 aromatic rings. The van der Waals surface area contributed by atoms with Crippen LogP contribution < -0.4 is 4.58 Å². The maximum absolute atomic E-state index is 6.05. The Bertz CT molecular complexity index is 1870. The normalized spacial score (nSPS) is 12.2. The number of fused-ring (bicyclic) bond motifs is 4. The first-order chi connectivity index (χ1) is 18.9. The van der Waals surface area contributed by atoms with Crippen LogP contribution in [-0.2, 0) is 20.1 Å². The molecule has 0 saturated heterocycles. The van der Waals surface area contributed by atoms with Gasteiger partial charge in [-0.3, -0.25) is 0 Å². The van der Waals surface area contributed by atoms with Gasteiger partial charge >= 0.3 is 6.01 Å². The molecule has 0 fully saturated rings. The van der Waals surface area contributed by atoms with Crippen LogP contribution in [0.5, 0.6) is 0 Å². The van der Waals surface area contributed by atoms with Gasteiger partial charge in [-0.1, -0.05) is 63.1 Å². The Morgan fingerprint density at radius 1 is 0.800 bits per heavy atom. The second-order valence-corrected chi connectivity index (χ2v) is 10.6. The van der Waals surface area contributed by atoms with Crippen LogP contribution in [0, 0.1) is 19.1 Å². The molecule has 4 aromatic carbocycles. The van der Waals surface area contributed by atoms with Gasteiger partial charge in [0, 0.05) is 64.8 Å². The third-order valence-electron chi connectivity index (χ3n) is 6.67. The first-order valence-corrected chi connectivity index (χ1v) is 13.1. The number of hydrogen-bond acceptors (Lipinski definition) is 2. The molecule has 0 N–H and O–H groups in total. The van der Waals surface area contributed by atoms with Crippen molar-refractivity contribution in [1.82, 2.24) is 9.56 Å². The fourth-order valence-corrected chi connectivity index (χ4v) is 4.71. The average Bonchev–Trinajstić information content (AvgIpc) is 3.53. The summed E-state index contributed by atoms with van der Waals surface area (Å²) >= 11 is 0. The van der Waals surface area contributed by atoms with Gasteiger partial charge in [-0.2, -0.15) is 6.07 Å². The van der Waals surface area contributed by atoms with Crippen LogP contribution in [0.25, 0.3) is 33.2 Å². The minimum absolute atomic E-state index is 0. The van der Waals surface area contributed by atoms with Gasteiger partial charge in [-0.15, -0.1) is 42.0 Å². The van der Waals surface area contributed by atoms with E-state index in [0.29, 0.717) is 0 Å². The van der Waals surface area contributed by atoms with Gasteiger partial charge in [0.05, 0.1) is 0 Å². The number of benzene rings is 4. The second-order valence-electron chi connectivity index (χ2n) is 10.6. The van der Waals surface area contributed by atoms with E-state index < -0.39 is 0 Å². The first-order valence-electron chi connectivity index (χ1n) is 13.1. The number of nitrogens with zero attached hydrogens (tertiary/aromatic N) is 3. The second kappa shape index (κ2) is 11.2. The third-order valence-corrected chi connectivity index (χ3v) is 6.67. The molecular weight excluding hydrogens is 671 g/mol. The molecule has 1 radical (unpaired) electrons. The Hall–Kier alpha value is -4.14. The standard InChI is InChI=1S/C23H19N2O.C12H10N.Ir/c1-23(2,3)25-15-24(19-9-5-6-10-20(19)25)16-12-13-18-17-8-4-7-11-21(17)26-22(18)14-16;1-10-7-8-12(13-9-10)11-5-3-2-4-6-11;/h4-11,13-14H,1-3H3;2-5,7-9H,1H3;/q+1;-1;. The van der Waals surface area contributed by atoms with Crippen LogP contribution in [0.15, 0.2) is 108 Å². The number of hydrogen-bond donors (Lipinski definition) is 0. The van der Waals surface area contributed by atoms with Gasteiger partial charge in [-0.05, 0) is 29.6 Å². The third kappa shape index (κ3) is 5.32. The summed E-state index contributed by atoms with van der Waals surface area (Å²) < 4.78 is 10.3. The molecule has 4 nitrogen and oxygen atoms in total. The Labute approximate surface area is 248 Å². The molecular formula is C35H29IrN3O. The number of aryl methyl sites for hydroxylation is 1. The Balaban J connectivity index is 0.000000195. The van der Waals surface area contributed by atoms with Gasteiger partial charge < -0.3 is 9.40 Å². The molecule has 2 aromatic heterocycles. The van der Waals surface area contributed by atoms with Crippen LogP contribution in [0.2, 0.25) is 0 Å². The van der Waals surface area contributed by atoms with E-state index in [2.05, 4.69) is 89.4 Å². The topological polar surface area (TPSA) is 32.0 Å². The predicted octanol–water partition coefficient (Wildman–Crippen LogP) is 8.71. The van der Waals surface area contributed by atoms with Crippen molar-refractivity contribution >= 4 is 45.0 Å². The maximum Gasteiger partial charge on any atom is 0.495 e. The van der Waals surface area contributed by atoms with Crippen molar-refractivity contribution in [2.75, 3.05) is 0 Å². The number of furan rings is 1. The largest absolute Gasteiger partial charge is 0.495 e. The zero-order chi connectivity index (χ0) is 27.0. The van der Waals surface area contributed by atoms with E-state index in [-0.39, 0.29) is 25.6 Å². The smallest absolute Gasteiger partial charge is 0.483 e. The van der Waals surface area contributed by atoms with E-state index in [9.17, 15) is 0 Å². The molecule has 0 bridgehead atoms. The molecule has 0 aliphatic carbocycles. The number of para-hydroxylation sites is 3. The Kier molecular flexibility index (Phi) is 7.65. The van der Waals surface area contributed by atoms with Crippen molar-refractivity contribution in [3.05, 3.63) is 121 Å². The monoisotopic (exact) mass is 700 g/mol. The zero-order valence-electron chi connectivity index (χ0n) is 22.9. The van der Waals surface area contributed by atoms with E-state index in [4.69, 9.17) is 4.42 Å². The SMILES string of the molecule is CC(C)(C)[N+]1=C=[N+](c2[c-]cc3c(c2)oc2ccccc23)c2ccccc21.Cc1ccc(-c2[c-]cccc2)nc1.[Ir]. The molecule has 1 aliphatic rings. The predicted molar refractivity (Wildman–Crippen MR) is 158 cm³/mol. The van der Waals surface area contributed by atoms with Gasteiger partial charge in [-0.25, -0.2) is 0 Å². The molecule has 0 atom stereocenters. The first kappa shape index (κ1) is 27.4. The van der Waals surface area contributed by atoms with Crippen molar-refractivity contribution in [1.29, 1.82) is 0 Å². The summed E-state index contributed by atoms with van der Waals surface area (Å²) in [5.41, 5.74) is 8.10. The average molecular weight is 700 g/mol. The van der Waals surface area contributed by atoms with E-state index in [0.717, 1.165) is 50.3 Å². The fourth-order valence-electron chi connectivity index (χ4n) is 4.71. The number of aromatic nitrogens is 1. The molecule has 5 heteroatoms. The minimum atomic E-state index is -0.0612. The van der Waals surface area contributed by atoms with Crippen LogP contribution in [0.3, 0.4) is 0 Å². The Morgan fingerprint density at radius 2 is 1.55 bits per heavy atom. The van der Waals surface area contributed by atoms with Crippen molar-refractivity contribution < 1.29 is 29.1 Å². The molecule has 1 aliphatic heterocycles. The van der Waals surface area contributed by atoms with E-state index in [1.807, 2.05) is 73.8 Å². The maximum atomic E-state index is 6.05. The molecule has 40 heavy (non-hydrogen) atoms. The van der Waals surface area contributed by atoms with Crippen LogP contribution in [-0.4, -0.2) is 21.1 Å². The van der Waals surface area contributed by atoms with Gasteiger partial charge in [0.1, 0.15) is 11.3 Å². The molecule has 0 saturated carbocycles. The number of rotatable bonds is 2. The quantitative estimate of drug-likeness (QED) is 0.134. The fraction of sp³-hybridized carbons (Fsp3) is 0.143. The molecule has 0 spiro atoms. The molecule has 7 rings (SSSR count). The van der Waals surface area contributed by atoms with Gasteiger partial charge in [0.25, 0.3) is 11.4 Å². The van der Waals surface area contributed by atoms with Crippen LogP contribution >= 0.6 is 0 Å². The van der Waals surface area contributed by atoms with Crippen LogP contribution in [0.1, 0.15) is 26.3 Å². The molecule has 0 unspecified atom stereocenters. The molecule has 199 valence electrons. The minimum Gasteiger partial charge on any atom is -0.483 e. The van der Waals surface area contributed by atoms with Crippen molar-refractivity contribution in [3.63, 3.8) is 0 Å². The zero-order valence-corrected chi connectivity index (χ0v) is 25.3. The summed E-state index contributed by atoms with van der Waals surface area (Å²) in [5.74, 6) is 0. The van der Waals surface area contributed by atoms with Gasteiger partial charge in [0.2, 0.25) is 0 Å². The molecule has 3 heterocycles. The van der Waals surface area contributed by atoms with Gasteiger partial charge in [0.15, 0.2) is 5.54 Å². The molecule has 0 amide bonds. The summed E-state index contributed by atoms with van der Waals surface area (Å²) in [6.07, 6.45) is 1.87. The van der Waals surface area contributed by atoms with E-state index in [1.54, 1.807) is 0 Å². The van der Waals surface area contributed by atoms with E-state index >= 15 is 0 Å². The summed E-state index contributed by atoms with van der Waals surface area (Å²) in [6, 6.07) is 42.5. The van der Waals surface area contributed by atoms with Crippen molar-refractivity contribution in [2.24, 2.45) is 0 Å². The summed E-state index contributed by atoms with van der Waals surface area (Å²) in [5, 5.41) is 2.21. The number of pyridine rings is 1. The van der Waals surface area contributed by atoms with E-state index in [1.165, 1.54) is 5.56 Å². The summed E-state index contributed by atoms with van der Waals surface area (Å²) in [6.45, 7) is 8.59.